The van der Waals surface area contributed by atoms with Crippen LogP contribution in [-0.4, -0.2) is 26.6 Å². The van der Waals surface area contributed by atoms with Crippen molar-refractivity contribution in [2.45, 2.75) is 0 Å². The third-order valence-corrected chi connectivity index (χ3v) is 2.40. The first kappa shape index (κ1) is 8.16. The third-order valence-electron chi connectivity index (χ3n) is 2.40. The number of nitrogens with one attached hydrogen (secondary N) is 1. The van der Waals surface area contributed by atoms with Crippen LogP contribution in [0.3, 0.4) is 0 Å². The highest BCUT2D eigenvalue weighted by atomic mass is 15.3. The van der Waals surface area contributed by atoms with E-state index in [4.69, 9.17) is 0 Å². The Morgan fingerprint density at radius 1 is 1.27 bits per heavy atom. The number of anilines is 1. The maximum atomic E-state index is 4.36. The number of nitrogens with zero attached hydrogens (tertiary/aromatic N) is 4. The van der Waals surface area contributed by atoms with Crippen molar-refractivity contribution in [1.82, 2.24) is 19.6 Å². The van der Waals surface area contributed by atoms with Gasteiger partial charge < -0.3 is 5.32 Å². The summed E-state index contributed by atoms with van der Waals surface area (Å²) >= 11 is 0. The Balaban J connectivity index is 2.58. The van der Waals surface area contributed by atoms with Gasteiger partial charge in [-0.2, -0.15) is 4.98 Å². The zero-order valence-electron chi connectivity index (χ0n) is 8.18. The Morgan fingerprint density at radius 2 is 2.13 bits per heavy atom. The number of benzene rings is 1. The van der Waals surface area contributed by atoms with Gasteiger partial charge in [0.2, 0.25) is 0 Å². The van der Waals surface area contributed by atoms with E-state index in [0.29, 0.717) is 5.78 Å². The molecule has 1 aromatic carbocycles. The second-order valence-electron chi connectivity index (χ2n) is 3.23. The molecule has 3 aromatic rings. The zero-order chi connectivity index (χ0) is 10.3. The van der Waals surface area contributed by atoms with Crippen LogP contribution in [0, 0.1) is 0 Å². The Labute approximate surface area is 85.8 Å². The molecule has 0 aliphatic rings. The molecule has 0 fully saturated rings. The normalized spacial score (nSPS) is 11.0. The summed E-state index contributed by atoms with van der Waals surface area (Å²) < 4.78 is 1.87. The van der Waals surface area contributed by atoms with Gasteiger partial charge in [-0.25, -0.2) is 0 Å². The van der Waals surface area contributed by atoms with Gasteiger partial charge in [-0.3, -0.25) is 4.40 Å². The topological polar surface area (TPSA) is 55.1 Å². The monoisotopic (exact) mass is 199 g/mol. The minimum atomic E-state index is 0.609. The molecular formula is C10H9N5. The number of hydrogen-bond donors (Lipinski definition) is 1. The van der Waals surface area contributed by atoms with Crippen LogP contribution in [-0.2, 0) is 0 Å². The van der Waals surface area contributed by atoms with Gasteiger partial charge in [-0.15, -0.1) is 10.2 Å². The van der Waals surface area contributed by atoms with Crippen LogP contribution in [0.15, 0.2) is 30.6 Å². The van der Waals surface area contributed by atoms with Gasteiger partial charge in [0.15, 0.2) is 0 Å². The van der Waals surface area contributed by atoms with Crippen molar-refractivity contribution in [3.63, 3.8) is 0 Å². The molecule has 0 amide bonds. The van der Waals surface area contributed by atoms with E-state index in [1.54, 1.807) is 6.33 Å². The fraction of sp³-hybridized carbons (Fsp3) is 0.100. The van der Waals surface area contributed by atoms with Crippen LogP contribution in [0.25, 0.3) is 16.7 Å². The molecular weight excluding hydrogens is 190 g/mol. The molecule has 0 aliphatic heterocycles. The Hall–Kier alpha value is -2.17. The van der Waals surface area contributed by atoms with Crippen molar-refractivity contribution >= 4 is 22.5 Å². The molecule has 0 aliphatic carbocycles. The van der Waals surface area contributed by atoms with Crippen molar-refractivity contribution in [3.8, 4) is 0 Å². The quantitative estimate of drug-likeness (QED) is 0.642. The fourth-order valence-corrected chi connectivity index (χ4v) is 1.71. The first-order valence-corrected chi connectivity index (χ1v) is 4.66. The summed E-state index contributed by atoms with van der Waals surface area (Å²) in [4.78, 5) is 4.36. The van der Waals surface area contributed by atoms with Crippen molar-refractivity contribution < 1.29 is 0 Å². The van der Waals surface area contributed by atoms with Gasteiger partial charge in [-0.05, 0) is 12.1 Å². The van der Waals surface area contributed by atoms with E-state index in [1.807, 2.05) is 35.7 Å². The molecule has 2 heterocycles. The number of fused-ring (bicyclic) bond motifs is 3. The molecule has 2 aromatic heterocycles. The molecule has 0 saturated heterocycles. The maximum absolute atomic E-state index is 4.36. The van der Waals surface area contributed by atoms with E-state index in [0.717, 1.165) is 16.7 Å². The van der Waals surface area contributed by atoms with Gasteiger partial charge in [0.05, 0.1) is 5.52 Å². The van der Waals surface area contributed by atoms with Crippen LogP contribution in [0.5, 0.6) is 0 Å². The Morgan fingerprint density at radius 3 is 3.00 bits per heavy atom. The highest BCUT2D eigenvalue weighted by molar-refractivity contribution is 5.90. The Kier molecular flexibility index (Phi) is 1.58. The molecule has 1 N–H and O–H groups in total. The van der Waals surface area contributed by atoms with Gasteiger partial charge in [0.25, 0.3) is 5.78 Å². The average molecular weight is 199 g/mol. The lowest BCUT2D eigenvalue weighted by Crippen LogP contribution is -1.98. The van der Waals surface area contributed by atoms with E-state index in [9.17, 15) is 0 Å². The SMILES string of the molecule is CNc1nc2nncn2c2ccccc12. The van der Waals surface area contributed by atoms with Crippen LogP contribution in [0.1, 0.15) is 0 Å². The zero-order valence-corrected chi connectivity index (χ0v) is 8.18. The molecule has 3 rings (SSSR count). The summed E-state index contributed by atoms with van der Waals surface area (Å²) in [6.45, 7) is 0. The molecule has 15 heavy (non-hydrogen) atoms. The number of rotatable bonds is 1. The minimum absolute atomic E-state index is 0.609. The number of hydrogen-bond acceptors (Lipinski definition) is 4. The minimum Gasteiger partial charge on any atom is -0.372 e. The summed E-state index contributed by atoms with van der Waals surface area (Å²) in [5, 5.41) is 11.9. The van der Waals surface area contributed by atoms with Crippen LogP contribution >= 0.6 is 0 Å². The second kappa shape index (κ2) is 2.91. The highest BCUT2D eigenvalue weighted by Crippen LogP contribution is 2.21. The molecule has 74 valence electrons. The molecule has 0 spiro atoms. The van der Waals surface area contributed by atoms with Gasteiger partial charge in [0.1, 0.15) is 12.1 Å². The van der Waals surface area contributed by atoms with E-state index in [-0.39, 0.29) is 0 Å². The van der Waals surface area contributed by atoms with Crippen LogP contribution in [0.4, 0.5) is 5.82 Å². The predicted molar refractivity (Wildman–Crippen MR) is 57.8 cm³/mol. The van der Waals surface area contributed by atoms with E-state index < -0.39 is 0 Å². The van der Waals surface area contributed by atoms with Crippen LogP contribution < -0.4 is 5.32 Å². The number of aromatic nitrogens is 4. The summed E-state index contributed by atoms with van der Waals surface area (Å²) in [6, 6.07) is 8.02. The highest BCUT2D eigenvalue weighted by Gasteiger charge is 2.06. The van der Waals surface area contributed by atoms with Gasteiger partial charge in [0, 0.05) is 12.4 Å². The number of para-hydroxylation sites is 1. The van der Waals surface area contributed by atoms with Crippen molar-refractivity contribution in [3.05, 3.63) is 30.6 Å². The molecule has 5 nitrogen and oxygen atoms in total. The maximum Gasteiger partial charge on any atom is 0.257 e. The van der Waals surface area contributed by atoms with Gasteiger partial charge in [-0.1, -0.05) is 12.1 Å². The molecule has 0 radical (unpaired) electrons. The third kappa shape index (κ3) is 1.06. The van der Waals surface area contributed by atoms with Crippen molar-refractivity contribution in [1.29, 1.82) is 0 Å². The summed E-state index contributed by atoms with van der Waals surface area (Å²) in [7, 11) is 1.85. The largest absolute Gasteiger partial charge is 0.372 e. The summed E-state index contributed by atoms with van der Waals surface area (Å²) in [5.74, 6) is 1.43. The van der Waals surface area contributed by atoms with E-state index in [2.05, 4.69) is 20.5 Å². The van der Waals surface area contributed by atoms with Gasteiger partial charge >= 0.3 is 0 Å². The average Bonchev–Trinajstić information content (AvgIpc) is 2.76. The van der Waals surface area contributed by atoms with E-state index in [1.165, 1.54) is 0 Å². The lowest BCUT2D eigenvalue weighted by atomic mass is 10.2. The molecule has 5 heteroatoms. The molecule has 0 atom stereocenters. The van der Waals surface area contributed by atoms with Crippen LogP contribution in [0.2, 0.25) is 0 Å². The smallest absolute Gasteiger partial charge is 0.257 e. The first-order valence-electron chi connectivity index (χ1n) is 4.66. The standard InChI is InChI=1S/C10H9N5/c1-11-9-7-4-2-3-5-8(7)15-6-12-14-10(15)13-9/h2-6H,1H3,(H,11,13,14). The van der Waals surface area contributed by atoms with E-state index >= 15 is 0 Å². The fourth-order valence-electron chi connectivity index (χ4n) is 1.71. The summed E-state index contributed by atoms with van der Waals surface area (Å²) in [6.07, 6.45) is 1.67. The van der Waals surface area contributed by atoms with Crippen molar-refractivity contribution in [2.24, 2.45) is 0 Å². The van der Waals surface area contributed by atoms with Crippen molar-refractivity contribution in [2.75, 3.05) is 12.4 Å². The first-order chi connectivity index (χ1) is 7.40. The second-order valence-corrected chi connectivity index (χ2v) is 3.23. The molecule has 0 saturated carbocycles. The lowest BCUT2D eigenvalue weighted by molar-refractivity contribution is 1.10. The Bertz CT molecular complexity index is 628. The lowest BCUT2D eigenvalue weighted by Gasteiger charge is -2.05. The predicted octanol–water partition coefficient (Wildman–Crippen LogP) is 1.32. The molecule has 0 unspecified atom stereocenters. The molecule has 0 bridgehead atoms. The summed E-state index contributed by atoms with van der Waals surface area (Å²) in [5.41, 5.74) is 1.05.